The molecule has 1 saturated heterocycles. The van der Waals surface area contributed by atoms with Gasteiger partial charge in [0.25, 0.3) is 5.91 Å². The molecule has 2 heterocycles. The van der Waals surface area contributed by atoms with Gasteiger partial charge in [-0.25, -0.2) is 4.79 Å². The van der Waals surface area contributed by atoms with Crippen LogP contribution in [0.3, 0.4) is 0 Å². The minimum absolute atomic E-state index is 0.0912. The molecule has 3 aromatic rings. The second-order valence-electron chi connectivity index (χ2n) is 8.21. The Bertz CT molecular complexity index is 1290. The standard InChI is InChI=1S/C28H27N3O5S/c1-34-28(33)24-18-25(21-5-3-2-4-6-21)37-27(24)30-26(32)22(19-29)17-20-7-9-23(10-8-20)36-16-13-31-11-14-35-15-12-31/h2-10,17-18H,11-16H2,1H3,(H,30,32). The minimum atomic E-state index is -0.611. The van der Waals surface area contributed by atoms with E-state index in [0.717, 1.165) is 43.3 Å². The third kappa shape index (κ3) is 7.05. The summed E-state index contributed by atoms with van der Waals surface area (Å²) in [6.45, 7) is 4.71. The molecule has 1 N–H and O–H groups in total. The molecule has 8 nitrogen and oxygen atoms in total. The van der Waals surface area contributed by atoms with Gasteiger partial charge in [0.15, 0.2) is 0 Å². The molecule has 0 saturated carbocycles. The van der Waals surface area contributed by atoms with Crippen LogP contribution in [0.15, 0.2) is 66.2 Å². The van der Waals surface area contributed by atoms with Crippen LogP contribution >= 0.6 is 11.3 Å². The van der Waals surface area contributed by atoms with Crippen LogP contribution in [0.1, 0.15) is 15.9 Å². The molecule has 190 valence electrons. The van der Waals surface area contributed by atoms with Crippen molar-refractivity contribution < 1.29 is 23.8 Å². The lowest BCUT2D eigenvalue weighted by Crippen LogP contribution is -2.38. The summed E-state index contributed by atoms with van der Waals surface area (Å²) in [4.78, 5) is 28.3. The van der Waals surface area contributed by atoms with Crippen molar-refractivity contribution in [2.75, 3.05) is 51.9 Å². The number of ether oxygens (including phenoxy) is 3. The average molecular weight is 518 g/mol. The Labute approximate surface area is 219 Å². The largest absolute Gasteiger partial charge is 0.492 e. The summed E-state index contributed by atoms with van der Waals surface area (Å²) >= 11 is 1.24. The van der Waals surface area contributed by atoms with Crippen molar-refractivity contribution in [3.05, 3.63) is 77.4 Å². The highest BCUT2D eigenvalue weighted by Gasteiger charge is 2.21. The average Bonchev–Trinajstić information content (AvgIpc) is 3.36. The van der Waals surface area contributed by atoms with Crippen LogP contribution < -0.4 is 10.1 Å². The van der Waals surface area contributed by atoms with Gasteiger partial charge in [0.05, 0.1) is 25.9 Å². The number of hydrogen-bond donors (Lipinski definition) is 1. The molecule has 0 aliphatic carbocycles. The summed E-state index contributed by atoms with van der Waals surface area (Å²) in [6.07, 6.45) is 1.50. The van der Waals surface area contributed by atoms with Gasteiger partial charge in [-0.2, -0.15) is 5.26 Å². The first-order chi connectivity index (χ1) is 18.1. The number of esters is 1. The quantitative estimate of drug-likeness (QED) is 0.254. The Balaban J connectivity index is 1.42. The number of carbonyl (C=O) groups excluding carboxylic acids is 2. The van der Waals surface area contributed by atoms with Crippen LogP contribution in [0.5, 0.6) is 5.75 Å². The van der Waals surface area contributed by atoms with E-state index in [2.05, 4.69) is 10.2 Å². The predicted molar refractivity (Wildman–Crippen MR) is 143 cm³/mol. The third-order valence-corrected chi connectivity index (χ3v) is 6.86. The maximum absolute atomic E-state index is 12.9. The van der Waals surface area contributed by atoms with Crippen molar-refractivity contribution in [3.8, 4) is 22.3 Å². The SMILES string of the molecule is COC(=O)c1cc(-c2ccccc2)sc1NC(=O)C(C#N)=Cc1ccc(OCCN2CCOCC2)cc1. The number of nitriles is 1. The molecule has 1 aliphatic heterocycles. The first kappa shape index (κ1) is 26.1. The molecule has 0 atom stereocenters. The van der Waals surface area contributed by atoms with Gasteiger partial charge in [-0.3, -0.25) is 9.69 Å². The van der Waals surface area contributed by atoms with Crippen LogP contribution in [0.4, 0.5) is 5.00 Å². The Morgan fingerprint density at radius 3 is 2.54 bits per heavy atom. The fourth-order valence-corrected chi connectivity index (χ4v) is 4.80. The number of amides is 1. The summed E-state index contributed by atoms with van der Waals surface area (Å²) in [7, 11) is 1.28. The molecule has 0 spiro atoms. The van der Waals surface area contributed by atoms with E-state index >= 15 is 0 Å². The summed E-state index contributed by atoms with van der Waals surface area (Å²) in [5, 5.41) is 12.7. The second-order valence-corrected chi connectivity index (χ2v) is 9.26. The minimum Gasteiger partial charge on any atom is -0.492 e. The smallest absolute Gasteiger partial charge is 0.340 e. The number of morpholine rings is 1. The summed E-state index contributed by atoms with van der Waals surface area (Å²) in [6, 6.07) is 20.3. The number of carbonyl (C=O) groups is 2. The number of anilines is 1. The van der Waals surface area contributed by atoms with E-state index in [0.29, 0.717) is 22.9 Å². The van der Waals surface area contributed by atoms with E-state index in [1.54, 1.807) is 30.3 Å². The van der Waals surface area contributed by atoms with E-state index in [1.165, 1.54) is 24.5 Å². The van der Waals surface area contributed by atoms with Crippen LogP contribution in [0.25, 0.3) is 16.5 Å². The summed E-state index contributed by atoms with van der Waals surface area (Å²) in [5.74, 6) is -0.469. The fraction of sp³-hybridized carbons (Fsp3) is 0.250. The molecule has 1 aromatic heterocycles. The lowest BCUT2D eigenvalue weighted by atomic mass is 10.1. The van der Waals surface area contributed by atoms with Crippen molar-refractivity contribution >= 4 is 34.3 Å². The zero-order valence-electron chi connectivity index (χ0n) is 20.4. The van der Waals surface area contributed by atoms with Gasteiger partial charge in [-0.05, 0) is 35.4 Å². The molecule has 37 heavy (non-hydrogen) atoms. The molecule has 1 aliphatic rings. The Hall–Kier alpha value is -3.97. The summed E-state index contributed by atoms with van der Waals surface area (Å²) in [5.41, 5.74) is 1.72. The van der Waals surface area contributed by atoms with E-state index in [-0.39, 0.29) is 11.1 Å². The normalized spacial score (nSPS) is 14.0. The zero-order valence-corrected chi connectivity index (χ0v) is 21.3. The van der Waals surface area contributed by atoms with E-state index in [9.17, 15) is 14.9 Å². The molecule has 2 aromatic carbocycles. The first-order valence-electron chi connectivity index (χ1n) is 11.8. The molecular formula is C28H27N3O5S. The highest BCUT2D eigenvalue weighted by molar-refractivity contribution is 7.20. The van der Waals surface area contributed by atoms with Crippen LogP contribution in [0, 0.1) is 11.3 Å². The van der Waals surface area contributed by atoms with Gasteiger partial charge in [0.2, 0.25) is 0 Å². The lowest BCUT2D eigenvalue weighted by Gasteiger charge is -2.26. The van der Waals surface area contributed by atoms with Gasteiger partial charge in [0, 0.05) is 24.5 Å². The first-order valence-corrected chi connectivity index (χ1v) is 12.6. The topological polar surface area (TPSA) is 101 Å². The van der Waals surface area contributed by atoms with E-state index in [4.69, 9.17) is 14.2 Å². The molecule has 0 bridgehead atoms. The van der Waals surface area contributed by atoms with Gasteiger partial charge in [-0.1, -0.05) is 42.5 Å². The number of rotatable bonds is 9. The molecule has 9 heteroatoms. The highest BCUT2D eigenvalue weighted by atomic mass is 32.1. The predicted octanol–water partition coefficient (Wildman–Crippen LogP) is 4.46. The van der Waals surface area contributed by atoms with Gasteiger partial charge >= 0.3 is 5.97 Å². The number of benzene rings is 2. The molecule has 1 fully saturated rings. The maximum Gasteiger partial charge on any atom is 0.340 e. The fourth-order valence-electron chi connectivity index (χ4n) is 3.75. The Kier molecular flexibility index (Phi) is 9.05. The number of nitrogens with one attached hydrogen (secondary N) is 1. The van der Waals surface area contributed by atoms with Gasteiger partial charge in [0.1, 0.15) is 29.0 Å². The van der Waals surface area contributed by atoms with Crippen molar-refractivity contribution in [1.82, 2.24) is 4.90 Å². The van der Waals surface area contributed by atoms with Crippen LogP contribution in [-0.2, 0) is 14.3 Å². The molecule has 0 unspecified atom stereocenters. The molecule has 1 amide bonds. The number of methoxy groups -OCH3 is 1. The van der Waals surface area contributed by atoms with Gasteiger partial charge in [-0.15, -0.1) is 11.3 Å². The van der Waals surface area contributed by atoms with E-state index in [1.807, 2.05) is 36.4 Å². The van der Waals surface area contributed by atoms with Crippen LogP contribution in [-0.4, -0.2) is 63.3 Å². The molecule has 0 radical (unpaired) electrons. The van der Waals surface area contributed by atoms with Crippen molar-refractivity contribution in [2.45, 2.75) is 0 Å². The second kappa shape index (κ2) is 12.8. The van der Waals surface area contributed by atoms with Crippen molar-refractivity contribution in [3.63, 3.8) is 0 Å². The highest BCUT2D eigenvalue weighted by Crippen LogP contribution is 2.36. The Morgan fingerprint density at radius 1 is 1.14 bits per heavy atom. The number of nitrogens with zero attached hydrogens (tertiary/aromatic N) is 2. The molecule has 4 rings (SSSR count). The number of hydrogen-bond acceptors (Lipinski definition) is 8. The third-order valence-electron chi connectivity index (χ3n) is 5.76. The van der Waals surface area contributed by atoms with Crippen molar-refractivity contribution in [1.29, 1.82) is 5.26 Å². The van der Waals surface area contributed by atoms with Gasteiger partial charge < -0.3 is 19.5 Å². The molecular weight excluding hydrogens is 490 g/mol. The zero-order chi connectivity index (χ0) is 26.0. The lowest BCUT2D eigenvalue weighted by molar-refractivity contribution is -0.112. The summed E-state index contributed by atoms with van der Waals surface area (Å²) < 4.78 is 16.0. The van der Waals surface area contributed by atoms with E-state index < -0.39 is 11.9 Å². The monoisotopic (exact) mass is 517 g/mol. The van der Waals surface area contributed by atoms with Crippen LogP contribution in [0.2, 0.25) is 0 Å². The number of thiophene rings is 1. The van der Waals surface area contributed by atoms with Crippen molar-refractivity contribution in [2.24, 2.45) is 0 Å². The Morgan fingerprint density at radius 2 is 1.86 bits per heavy atom. The maximum atomic E-state index is 12.9.